The Hall–Kier alpha value is -3.26. The van der Waals surface area contributed by atoms with Crippen LogP contribution in [0.1, 0.15) is 36.0 Å². The number of methoxy groups -OCH3 is 1. The fourth-order valence-corrected chi connectivity index (χ4v) is 5.79. The highest BCUT2D eigenvalue weighted by Gasteiger charge is 2.69. The van der Waals surface area contributed by atoms with Gasteiger partial charge < -0.3 is 14.7 Å². The first-order chi connectivity index (χ1) is 15.3. The summed E-state index contributed by atoms with van der Waals surface area (Å²) in [5.41, 5.74) is -0.304. The fraction of sp³-hybridized carbons (Fsp3) is 0.417. The van der Waals surface area contributed by atoms with Gasteiger partial charge in [0.25, 0.3) is 0 Å². The molecular formula is C24H26N2O6. The number of rotatable bonds is 6. The lowest BCUT2D eigenvalue weighted by Gasteiger charge is -2.45. The average molecular weight is 438 g/mol. The van der Waals surface area contributed by atoms with Crippen molar-refractivity contribution in [3.63, 3.8) is 0 Å². The number of aliphatic hydroxyl groups is 1. The normalized spacial score (nSPS) is 27.4. The van der Waals surface area contributed by atoms with Crippen LogP contribution in [0.5, 0.6) is 0 Å². The van der Waals surface area contributed by atoms with E-state index in [0.717, 1.165) is 11.1 Å². The van der Waals surface area contributed by atoms with E-state index in [1.165, 1.54) is 7.11 Å². The number of nitro groups is 1. The van der Waals surface area contributed by atoms with Gasteiger partial charge in [0.2, 0.25) is 12.5 Å². The molecule has 2 aromatic rings. The number of aliphatic hydroxyl groups excluding tert-OH is 1. The third-order valence-corrected chi connectivity index (χ3v) is 7.06. The summed E-state index contributed by atoms with van der Waals surface area (Å²) in [4.78, 5) is 40.3. The summed E-state index contributed by atoms with van der Waals surface area (Å²) in [6.45, 7) is 0.989. The van der Waals surface area contributed by atoms with Crippen molar-refractivity contribution in [2.45, 2.75) is 37.3 Å². The highest BCUT2D eigenvalue weighted by molar-refractivity contribution is 6.06. The third-order valence-electron chi connectivity index (χ3n) is 7.06. The van der Waals surface area contributed by atoms with E-state index in [9.17, 15) is 24.8 Å². The molecule has 1 fully saturated rings. The first-order valence-corrected chi connectivity index (χ1v) is 10.6. The molecule has 2 unspecified atom stereocenters. The van der Waals surface area contributed by atoms with Crippen LogP contribution in [0.25, 0.3) is 0 Å². The van der Waals surface area contributed by atoms with Crippen molar-refractivity contribution in [2.24, 2.45) is 5.41 Å². The number of carbonyl (C=O) groups is 2. The van der Waals surface area contributed by atoms with Gasteiger partial charge in [0.05, 0.1) is 31.2 Å². The summed E-state index contributed by atoms with van der Waals surface area (Å²) in [5.74, 6) is -2.34. The maximum Gasteiger partial charge on any atom is 0.322 e. The Balaban J connectivity index is 1.96. The number of carbonyl (C=O) groups excluding carboxylic acids is 2. The van der Waals surface area contributed by atoms with Gasteiger partial charge in [0.15, 0.2) is 5.41 Å². The number of esters is 1. The molecule has 0 spiro atoms. The molecular weight excluding hydrogens is 412 g/mol. The molecule has 2 heterocycles. The first-order valence-electron chi connectivity index (χ1n) is 10.6. The second-order valence-corrected chi connectivity index (χ2v) is 8.76. The maximum atomic E-state index is 14.1. The van der Waals surface area contributed by atoms with E-state index < -0.39 is 46.3 Å². The number of nitrogens with zero attached hydrogens (tertiary/aromatic N) is 2. The van der Waals surface area contributed by atoms with Crippen LogP contribution in [-0.2, 0) is 26.3 Å². The van der Waals surface area contributed by atoms with Crippen molar-refractivity contribution in [1.29, 1.82) is 0 Å². The van der Waals surface area contributed by atoms with Gasteiger partial charge in [-0.1, -0.05) is 54.6 Å². The van der Waals surface area contributed by atoms with Gasteiger partial charge in [-0.05, 0) is 30.0 Å². The van der Waals surface area contributed by atoms with Crippen molar-refractivity contribution in [3.05, 3.63) is 81.4 Å². The topological polar surface area (TPSA) is 110 Å². The largest absolute Gasteiger partial charge is 0.468 e. The molecule has 1 N–H and O–H groups in total. The Morgan fingerprint density at radius 3 is 2.53 bits per heavy atom. The van der Waals surface area contributed by atoms with Crippen molar-refractivity contribution in [2.75, 3.05) is 20.3 Å². The van der Waals surface area contributed by atoms with Crippen molar-refractivity contribution in [1.82, 2.24) is 4.90 Å². The maximum absolute atomic E-state index is 14.1. The summed E-state index contributed by atoms with van der Waals surface area (Å²) in [5, 5.41) is 21.8. The number of hydrogen-bond acceptors (Lipinski definition) is 6. The minimum absolute atomic E-state index is 0.0203. The SMILES string of the molecule is COC(=O)C1(C(C[N+](=O)[O-])c2ccccc2)C[C@]2(C)c3ccccc3C[C@@H](CO)N2C1=O. The second-order valence-electron chi connectivity index (χ2n) is 8.76. The van der Waals surface area contributed by atoms with Gasteiger partial charge in [-0.2, -0.15) is 0 Å². The summed E-state index contributed by atoms with van der Waals surface area (Å²) in [6.07, 6.45) is 0.461. The Labute approximate surface area is 185 Å². The highest BCUT2D eigenvalue weighted by Crippen LogP contribution is 2.58. The van der Waals surface area contributed by atoms with Crippen LogP contribution < -0.4 is 0 Å². The van der Waals surface area contributed by atoms with Crippen LogP contribution in [-0.4, -0.2) is 53.1 Å². The predicted octanol–water partition coefficient (Wildman–Crippen LogP) is 2.27. The Kier molecular flexibility index (Phi) is 5.50. The van der Waals surface area contributed by atoms with Gasteiger partial charge >= 0.3 is 5.97 Å². The zero-order valence-corrected chi connectivity index (χ0v) is 18.1. The van der Waals surface area contributed by atoms with E-state index in [1.54, 1.807) is 35.2 Å². The van der Waals surface area contributed by atoms with E-state index in [4.69, 9.17) is 4.74 Å². The summed E-state index contributed by atoms with van der Waals surface area (Å²) < 4.78 is 5.13. The van der Waals surface area contributed by atoms with Crippen LogP contribution in [0.2, 0.25) is 0 Å². The molecule has 0 bridgehead atoms. The molecule has 0 saturated carbocycles. The monoisotopic (exact) mass is 438 g/mol. The minimum atomic E-state index is -1.79. The number of hydrogen-bond donors (Lipinski definition) is 1. The standard InChI is InChI=1S/C24H26N2O6/c1-23-15-24(22(29)32-2,20(13-25(30)31)16-8-4-3-5-9-16)21(28)26(23)18(14-27)12-17-10-6-7-11-19(17)23/h3-11,18,20,27H,12-15H2,1-2H3/t18-,20?,23+,24?/m0/s1. The molecule has 8 nitrogen and oxygen atoms in total. The molecule has 32 heavy (non-hydrogen) atoms. The lowest BCUT2D eigenvalue weighted by molar-refractivity contribution is -0.485. The fourth-order valence-electron chi connectivity index (χ4n) is 5.79. The van der Waals surface area contributed by atoms with E-state index in [1.807, 2.05) is 31.2 Å². The van der Waals surface area contributed by atoms with Crippen LogP contribution >= 0.6 is 0 Å². The number of amides is 1. The van der Waals surface area contributed by atoms with Crippen LogP contribution in [0, 0.1) is 15.5 Å². The smallest absolute Gasteiger partial charge is 0.322 e. The van der Waals surface area contributed by atoms with Crippen LogP contribution in [0.4, 0.5) is 0 Å². The summed E-state index contributed by atoms with van der Waals surface area (Å²) in [7, 11) is 1.20. The Morgan fingerprint density at radius 2 is 1.91 bits per heavy atom. The molecule has 1 amide bonds. The molecule has 168 valence electrons. The molecule has 4 rings (SSSR count). The number of fused-ring (bicyclic) bond motifs is 3. The van der Waals surface area contributed by atoms with Crippen molar-refractivity contribution in [3.8, 4) is 0 Å². The molecule has 2 aromatic carbocycles. The zero-order valence-electron chi connectivity index (χ0n) is 18.1. The lowest BCUT2D eigenvalue weighted by atomic mass is 9.66. The minimum Gasteiger partial charge on any atom is -0.468 e. The molecule has 8 heteroatoms. The van der Waals surface area contributed by atoms with Gasteiger partial charge in [0, 0.05) is 11.3 Å². The Bertz CT molecular complexity index is 1060. The Morgan fingerprint density at radius 1 is 1.25 bits per heavy atom. The molecule has 0 aromatic heterocycles. The molecule has 0 radical (unpaired) electrons. The van der Waals surface area contributed by atoms with E-state index in [2.05, 4.69) is 0 Å². The van der Waals surface area contributed by atoms with E-state index >= 15 is 0 Å². The van der Waals surface area contributed by atoms with Gasteiger partial charge in [0.1, 0.15) is 0 Å². The van der Waals surface area contributed by atoms with Gasteiger partial charge in [-0.15, -0.1) is 0 Å². The lowest BCUT2D eigenvalue weighted by Crippen LogP contribution is -2.55. The number of ether oxygens (including phenoxy) is 1. The number of benzene rings is 2. The second kappa shape index (κ2) is 8.02. The molecule has 4 atom stereocenters. The molecule has 0 aliphatic carbocycles. The van der Waals surface area contributed by atoms with Gasteiger partial charge in [-0.25, -0.2) is 0 Å². The van der Waals surface area contributed by atoms with Crippen molar-refractivity contribution >= 4 is 11.9 Å². The van der Waals surface area contributed by atoms with E-state index in [-0.39, 0.29) is 13.0 Å². The third kappa shape index (κ3) is 3.09. The van der Waals surface area contributed by atoms with Crippen molar-refractivity contribution < 1.29 is 24.4 Å². The molecule has 1 saturated heterocycles. The highest BCUT2D eigenvalue weighted by atomic mass is 16.6. The van der Waals surface area contributed by atoms with Gasteiger partial charge in [-0.3, -0.25) is 19.7 Å². The average Bonchev–Trinajstić information content (AvgIpc) is 3.05. The molecule has 2 aliphatic rings. The van der Waals surface area contributed by atoms with Crippen LogP contribution in [0.15, 0.2) is 54.6 Å². The summed E-state index contributed by atoms with van der Waals surface area (Å²) in [6, 6.07) is 15.7. The summed E-state index contributed by atoms with van der Waals surface area (Å²) >= 11 is 0. The van der Waals surface area contributed by atoms with E-state index in [0.29, 0.717) is 12.0 Å². The quantitative estimate of drug-likeness (QED) is 0.321. The first kappa shape index (κ1) is 22.0. The van der Waals surface area contributed by atoms with Crippen LogP contribution in [0.3, 0.4) is 0 Å². The predicted molar refractivity (Wildman–Crippen MR) is 115 cm³/mol. The molecule has 2 aliphatic heterocycles. The zero-order chi connectivity index (χ0) is 23.1.